The molecule has 0 aliphatic rings. The van der Waals surface area contributed by atoms with Crippen molar-refractivity contribution >= 4 is 0 Å². The first-order valence-corrected chi connectivity index (χ1v) is 7.14. The van der Waals surface area contributed by atoms with E-state index >= 15 is 0 Å². The van der Waals surface area contributed by atoms with Gasteiger partial charge in [0.1, 0.15) is 0 Å². The molecule has 0 aromatic carbocycles. The molecule has 0 saturated carbocycles. The Morgan fingerprint density at radius 2 is 0.778 bits per heavy atom. The molecular formula is C12H32N6. The van der Waals surface area contributed by atoms with Crippen molar-refractivity contribution in [3.05, 3.63) is 0 Å². The van der Waals surface area contributed by atoms with Crippen LogP contribution in [-0.2, 0) is 0 Å². The summed E-state index contributed by atoms with van der Waals surface area (Å²) < 4.78 is 0. The van der Waals surface area contributed by atoms with Crippen LogP contribution in [0.5, 0.6) is 0 Å². The molecule has 0 unspecified atom stereocenters. The molecule has 8 N–H and O–H groups in total. The van der Waals surface area contributed by atoms with Gasteiger partial charge in [-0.2, -0.15) is 0 Å². The Morgan fingerprint density at radius 1 is 0.444 bits per heavy atom. The van der Waals surface area contributed by atoms with Gasteiger partial charge in [0.2, 0.25) is 0 Å². The van der Waals surface area contributed by atoms with Crippen LogP contribution < -0.4 is 32.7 Å². The van der Waals surface area contributed by atoms with Gasteiger partial charge in [-0.1, -0.05) is 0 Å². The average molecular weight is 260 g/mol. The van der Waals surface area contributed by atoms with Crippen LogP contribution in [0.4, 0.5) is 0 Å². The summed E-state index contributed by atoms with van der Waals surface area (Å²) >= 11 is 0. The molecule has 0 atom stereocenters. The summed E-state index contributed by atoms with van der Waals surface area (Å²) in [4.78, 5) is 0. The molecule has 0 aliphatic heterocycles. The zero-order valence-electron chi connectivity index (χ0n) is 11.6. The zero-order valence-corrected chi connectivity index (χ0v) is 11.6. The van der Waals surface area contributed by atoms with Crippen LogP contribution in [0.25, 0.3) is 0 Å². The summed E-state index contributed by atoms with van der Waals surface area (Å²) in [6, 6.07) is 0. The topological polar surface area (TPSA) is 100 Å². The summed E-state index contributed by atoms with van der Waals surface area (Å²) in [5.41, 5.74) is 10.8. The molecule has 0 bridgehead atoms. The lowest BCUT2D eigenvalue weighted by atomic mass is 10.4. The maximum absolute atomic E-state index is 5.38. The monoisotopic (exact) mass is 260 g/mol. The van der Waals surface area contributed by atoms with E-state index in [1.165, 1.54) is 0 Å². The van der Waals surface area contributed by atoms with Crippen LogP contribution in [0.3, 0.4) is 0 Å². The third kappa shape index (κ3) is 15.8. The minimum Gasteiger partial charge on any atom is -0.329 e. The average Bonchev–Trinajstić information content (AvgIpc) is 2.39. The predicted octanol–water partition coefficient (Wildman–Crippen LogP) is -1.96. The Balaban J connectivity index is 2.86. The summed E-state index contributed by atoms with van der Waals surface area (Å²) in [6.45, 7) is 9.57. The fraction of sp³-hybridized carbons (Fsp3) is 1.00. The number of hydrogen-bond donors (Lipinski definition) is 6. The molecule has 0 aliphatic carbocycles. The van der Waals surface area contributed by atoms with Gasteiger partial charge < -0.3 is 32.7 Å². The van der Waals surface area contributed by atoms with Crippen LogP contribution in [-0.4, -0.2) is 65.4 Å². The fourth-order valence-corrected chi connectivity index (χ4v) is 1.56. The molecule has 0 aromatic heterocycles. The van der Waals surface area contributed by atoms with Crippen molar-refractivity contribution in [2.24, 2.45) is 11.5 Å². The van der Waals surface area contributed by atoms with Gasteiger partial charge in [-0.15, -0.1) is 0 Å². The highest BCUT2D eigenvalue weighted by molar-refractivity contribution is 4.56. The van der Waals surface area contributed by atoms with E-state index in [-0.39, 0.29) is 0 Å². The maximum atomic E-state index is 5.38. The lowest BCUT2D eigenvalue weighted by Crippen LogP contribution is -2.32. The lowest BCUT2D eigenvalue weighted by molar-refractivity contribution is 0.558. The minimum absolute atomic E-state index is 0.720. The van der Waals surface area contributed by atoms with Crippen LogP contribution in [0, 0.1) is 0 Å². The summed E-state index contributed by atoms with van der Waals surface area (Å²) in [5.74, 6) is 0. The van der Waals surface area contributed by atoms with Crippen LogP contribution in [0.1, 0.15) is 12.8 Å². The highest BCUT2D eigenvalue weighted by Gasteiger charge is 1.90. The Hall–Kier alpha value is -0.240. The Kier molecular flexibility index (Phi) is 16.5. The zero-order chi connectivity index (χ0) is 13.3. The molecular weight excluding hydrogens is 228 g/mol. The van der Waals surface area contributed by atoms with Gasteiger partial charge in [0.05, 0.1) is 0 Å². The standard InChI is InChI=1S/C12H32N6/c13-3-9-15-5-1-7-17-11-12-18-8-2-6-16-10-4-14/h15-18H,1-14H2. The Bertz CT molecular complexity index is 129. The van der Waals surface area contributed by atoms with Gasteiger partial charge in [-0.3, -0.25) is 0 Å². The molecule has 0 radical (unpaired) electrons. The van der Waals surface area contributed by atoms with Crippen LogP contribution in [0.2, 0.25) is 0 Å². The quantitative estimate of drug-likeness (QED) is 0.191. The van der Waals surface area contributed by atoms with E-state index in [2.05, 4.69) is 21.3 Å². The van der Waals surface area contributed by atoms with Crippen molar-refractivity contribution in [3.63, 3.8) is 0 Å². The second kappa shape index (κ2) is 16.8. The van der Waals surface area contributed by atoms with E-state index in [1.807, 2.05) is 0 Å². The van der Waals surface area contributed by atoms with E-state index < -0.39 is 0 Å². The van der Waals surface area contributed by atoms with Crippen molar-refractivity contribution in [2.45, 2.75) is 12.8 Å². The van der Waals surface area contributed by atoms with E-state index in [1.54, 1.807) is 0 Å². The molecule has 6 nitrogen and oxygen atoms in total. The maximum Gasteiger partial charge on any atom is 0.00767 e. The fourth-order valence-electron chi connectivity index (χ4n) is 1.56. The first-order chi connectivity index (χ1) is 8.91. The van der Waals surface area contributed by atoms with Crippen molar-refractivity contribution in [1.82, 2.24) is 21.3 Å². The number of rotatable bonds is 15. The molecule has 0 rings (SSSR count). The number of hydrogen-bond acceptors (Lipinski definition) is 6. The van der Waals surface area contributed by atoms with Gasteiger partial charge in [0.25, 0.3) is 0 Å². The van der Waals surface area contributed by atoms with Crippen LogP contribution in [0.15, 0.2) is 0 Å². The van der Waals surface area contributed by atoms with E-state index in [4.69, 9.17) is 11.5 Å². The van der Waals surface area contributed by atoms with E-state index in [9.17, 15) is 0 Å². The lowest BCUT2D eigenvalue weighted by Gasteiger charge is -2.07. The highest BCUT2D eigenvalue weighted by atomic mass is 14.9. The molecule has 6 heteroatoms. The summed E-state index contributed by atoms with van der Waals surface area (Å²) in [6.07, 6.45) is 2.31. The number of nitrogens with one attached hydrogen (secondary N) is 4. The molecule has 0 aromatic rings. The molecule has 0 spiro atoms. The largest absolute Gasteiger partial charge is 0.329 e. The summed E-state index contributed by atoms with van der Waals surface area (Å²) in [7, 11) is 0. The number of nitrogens with two attached hydrogens (primary N) is 2. The third-order valence-electron chi connectivity index (χ3n) is 2.53. The normalized spacial score (nSPS) is 11.0. The second-order valence-corrected chi connectivity index (χ2v) is 4.28. The molecule has 0 amide bonds. The first-order valence-electron chi connectivity index (χ1n) is 7.14. The molecule has 18 heavy (non-hydrogen) atoms. The SMILES string of the molecule is NCCNCCCNCCNCCCNCCN. The molecule has 110 valence electrons. The molecule has 0 heterocycles. The highest BCUT2D eigenvalue weighted by Crippen LogP contribution is 1.74. The van der Waals surface area contributed by atoms with Crippen molar-refractivity contribution in [2.75, 3.05) is 65.4 Å². The minimum atomic E-state index is 0.720. The van der Waals surface area contributed by atoms with Crippen molar-refractivity contribution in [3.8, 4) is 0 Å². The Labute approximate surface area is 112 Å². The van der Waals surface area contributed by atoms with E-state index in [0.717, 1.165) is 78.3 Å². The molecule has 0 fully saturated rings. The van der Waals surface area contributed by atoms with Gasteiger partial charge in [0, 0.05) is 39.3 Å². The third-order valence-corrected chi connectivity index (χ3v) is 2.53. The molecule has 0 saturated heterocycles. The Morgan fingerprint density at radius 3 is 1.11 bits per heavy atom. The second-order valence-electron chi connectivity index (χ2n) is 4.28. The van der Waals surface area contributed by atoms with Crippen molar-refractivity contribution < 1.29 is 0 Å². The van der Waals surface area contributed by atoms with Gasteiger partial charge in [-0.05, 0) is 39.0 Å². The van der Waals surface area contributed by atoms with Gasteiger partial charge in [0.15, 0.2) is 0 Å². The smallest absolute Gasteiger partial charge is 0.00767 e. The van der Waals surface area contributed by atoms with Crippen molar-refractivity contribution in [1.29, 1.82) is 0 Å². The predicted molar refractivity (Wildman–Crippen MR) is 78.8 cm³/mol. The van der Waals surface area contributed by atoms with E-state index in [0.29, 0.717) is 0 Å². The first kappa shape index (κ1) is 17.8. The van der Waals surface area contributed by atoms with Crippen LogP contribution >= 0.6 is 0 Å². The van der Waals surface area contributed by atoms with Gasteiger partial charge >= 0.3 is 0 Å². The van der Waals surface area contributed by atoms with Gasteiger partial charge in [-0.25, -0.2) is 0 Å². The summed E-state index contributed by atoms with van der Waals surface area (Å²) in [5, 5.41) is 13.4.